The van der Waals surface area contributed by atoms with E-state index in [0.29, 0.717) is 18.4 Å². The van der Waals surface area contributed by atoms with Gasteiger partial charge in [-0.3, -0.25) is 0 Å². The highest BCUT2D eigenvalue weighted by atomic mass is 127. The Labute approximate surface area is 142 Å². The minimum Gasteiger partial charge on any atom is -0.370 e. The molecule has 20 heavy (non-hydrogen) atoms. The van der Waals surface area contributed by atoms with Gasteiger partial charge in [0.05, 0.1) is 12.2 Å². The third-order valence-corrected chi connectivity index (χ3v) is 4.37. The van der Waals surface area contributed by atoms with Gasteiger partial charge in [-0.1, -0.05) is 20.8 Å². The van der Waals surface area contributed by atoms with Gasteiger partial charge in [0.25, 0.3) is 0 Å². The van der Waals surface area contributed by atoms with E-state index in [1.54, 1.807) is 11.3 Å². The standard InChI is InChI=1S/C14H24N4S.HI/c1-10(2)12-9-19-13(17-12)7-16-14(15)18-6-4-5-11(3)8-18;/h9-11H,4-8H2,1-3H3,(H2,15,16);1H. The second-order valence-corrected chi connectivity index (χ2v) is 6.63. The molecule has 1 fully saturated rings. The van der Waals surface area contributed by atoms with Crippen LogP contribution in [-0.2, 0) is 6.54 Å². The number of aromatic nitrogens is 1. The Hall–Kier alpha value is -0.370. The summed E-state index contributed by atoms with van der Waals surface area (Å²) >= 11 is 1.67. The Kier molecular flexibility index (Phi) is 7.22. The van der Waals surface area contributed by atoms with Crippen molar-refractivity contribution in [2.75, 3.05) is 13.1 Å². The number of guanidine groups is 1. The molecular formula is C14H25IN4S. The van der Waals surface area contributed by atoms with Crippen molar-refractivity contribution in [3.05, 3.63) is 16.1 Å². The van der Waals surface area contributed by atoms with Crippen LogP contribution in [0.4, 0.5) is 0 Å². The number of likely N-dealkylation sites (tertiary alicyclic amines) is 1. The van der Waals surface area contributed by atoms with Gasteiger partial charge in [0.2, 0.25) is 0 Å². The third kappa shape index (κ3) is 4.87. The Morgan fingerprint density at radius 1 is 1.60 bits per heavy atom. The molecule has 2 heterocycles. The summed E-state index contributed by atoms with van der Waals surface area (Å²) in [5, 5.41) is 3.17. The molecule has 2 N–H and O–H groups in total. The van der Waals surface area contributed by atoms with Crippen molar-refractivity contribution in [1.29, 1.82) is 0 Å². The van der Waals surface area contributed by atoms with Gasteiger partial charge in [0.15, 0.2) is 5.96 Å². The zero-order chi connectivity index (χ0) is 13.8. The van der Waals surface area contributed by atoms with Crippen molar-refractivity contribution >= 4 is 41.3 Å². The van der Waals surface area contributed by atoms with E-state index in [4.69, 9.17) is 5.73 Å². The molecule has 0 spiro atoms. The second kappa shape index (κ2) is 8.17. The van der Waals surface area contributed by atoms with Gasteiger partial charge in [-0.25, -0.2) is 9.98 Å². The number of piperidine rings is 1. The van der Waals surface area contributed by atoms with Crippen LogP contribution < -0.4 is 5.73 Å². The molecular weight excluding hydrogens is 383 g/mol. The van der Waals surface area contributed by atoms with Gasteiger partial charge < -0.3 is 10.6 Å². The number of thiazole rings is 1. The van der Waals surface area contributed by atoms with E-state index in [2.05, 4.69) is 41.0 Å². The molecule has 1 aliphatic rings. The summed E-state index contributed by atoms with van der Waals surface area (Å²) < 4.78 is 0. The number of hydrogen-bond acceptors (Lipinski definition) is 3. The van der Waals surface area contributed by atoms with Crippen molar-refractivity contribution in [2.24, 2.45) is 16.6 Å². The normalized spacial score (nSPS) is 20.1. The molecule has 0 saturated carbocycles. The molecule has 0 radical (unpaired) electrons. The minimum atomic E-state index is 0. The van der Waals surface area contributed by atoms with Gasteiger partial charge in [-0.15, -0.1) is 35.3 Å². The van der Waals surface area contributed by atoms with E-state index in [0.717, 1.165) is 29.7 Å². The molecule has 0 amide bonds. The predicted octanol–water partition coefficient (Wildman–Crippen LogP) is 3.43. The molecule has 2 rings (SSSR count). The molecule has 114 valence electrons. The molecule has 0 aliphatic carbocycles. The molecule has 1 aliphatic heterocycles. The zero-order valence-electron chi connectivity index (χ0n) is 12.5. The Balaban J connectivity index is 0.00000200. The van der Waals surface area contributed by atoms with Gasteiger partial charge in [-0.2, -0.15) is 0 Å². The van der Waals surface area contributed by atoms with E-state index in [1.165, 1.54) is 12.8 Å². The van der Waals surface area contributed by atoms with Crippen LogP contribution >= 0.6 is 35.3 Å². The van der Waals surface area contributed by atoms with Crippen LogP contribution in [0.15, 0.2) is 10.4 Å². The highest BCUT2D eigenvalue weighted by molar-refractivity contribution is 14.0. The number of halogens is 1. The monoisotopic (exact) mass is 408 g/mol. The van der Waals surface area contributed by atoms with E-state index < -0.39 is 0 Å². The molecule has 1 saturated heterocycles. The average Bonchev–Trinajstić information content (AvgIpc) is 2.85. The SMILES string of the molecule is CC1CCCN(C(N)=NCc2nc(C(C)C)cs2)C1.I. The minimum absolute atomic E-state index is 0. The largest absolute Gasteiger partial charge is 0.370 e. The summed E-state index contributed by atoms with van der Waals surface area (Å²) in [4.78, 5) is 11.3. The van der Waals surface area contributed by atoms with Gasteiger partial charge in [0, 0.05) is 18.5 Å². The van der Waals surface area contributed by atoms with Crippen LogP contribution in [0.3, 0.4) is 0 Å². The lowest BCUT2D eigenvalue weighted by molar-refractivity contribution is 0.270. The van der Waals surface area contributed by atoms with E-state index in [-0.39, 0.29) is 24.0 Å². The van der Waals surface area contributed by atoms with Gasteiger partial charge in [-0.05, 0) is 24.7 Å². The van der Waals surface area contributed by atoms with Crippen molar-refractivity contribution < 1.29 is 0 Å². The predicted molar refractivity (Wildman–Crippen MR) is 96.9 cm³/mol. The smallest absolute Gasteiger partial charge is 0.191 e. The number of nitrogens with two attached hydrogens (primary N) is 1. The number of aliphatic imine (C=N–C) groups is 1. The number of nitrogens with zero attached hydrogens (tertiary/aromatic N) is 3. The fourth-order valence-corrected chi connectivity index (χ4v) is 3.19. The van der Waals surface area contributed by atoms with Crippen LogP contribution in [0.2, 0.25) is 0 Å². The quantitative estimate of drug-likeness (QED) is 0.474. The van der Waals surface area contributed by atoms with Crippen molar-refractivity contribution in [3.63, 3.8) is 0 Å². The maximum Gasteiger partial charge on any atom is 0.191 e. The Morgan fingerprint density at radius 2 is 2.35 bits per heavy atom. The Morgan fingerprint density at radius 3 is 2.95 bits per heavy atom. The van der Waals surface area contributed by atoms with E-state index in [9.17, 15) is 0 Å². The topological polar surface area (TPSA) is 54.5 Å². The zero-order valence-corrected chi connectivity index (χ0v) is 15.6. The van der Waals surface area contributed by atoms with Crippen LogP contribution in [0, 0.1) is 5.92 Å². The van der Waals surface area contributed by atoms with Crippen LogP contribution in [-0.4, -0.2) is 28.9 Å². The molecule has 1 unspecified atom stereocenters. The summed E-state index contributed by atoms with van der Waals surface area (Å²) in [5.41, 5.74) is 7.23. The first-order valence-electron chi connectivity index (χ1n) is 7.05. The van der Waals surface area contributed by atoms with E-state index in [1.807, 2.05) is 0 Å². The molecule has 0 aromatic carbocycles. The molecule has 0 bridgehead atoms. The lowest BCUT2D eigenvalue weighted by Crippen LogP contribution is -2.43. The maximum absolute atomic E-state index is 6.08. The van der Waals surface area contributed by atoms with Crippen molar-refractivity contribution in [1.82, 2.24) is 9.88 Å². The molecule has 4 nitrogen and oxygen atoms in total. The number of rotatable bonds is 3. The Bertz CT molecular complexity index is 444. The fourth-order valence-electron chi connectivity index (χ4n) is 2.31. The second-order valence-electron chi connectivity index (χ2n) is 5.69. The van der Waals surface area contributed by atoms with E-state index >= 15 is 0 Å². The fraction of sp³-hybridized carbons (Fsp3) is 0.714. The summed E-state index contributed by atoms with van der Waals surface area (Å²) in [6.45, 7) is 9.26. The molecule has 1 aromatic rings. The van der Waals surface area contributed by atoms with Crippen LogP contribution in [0.25, 0.3) is 0 Å². The maximum atomic E-state index is 6.08. The van der Waals surface area contributed by atoms with Crippen molar-refractivity contribution in [2.45, 2.75) is 46.1 Å². The summed E-state index contributed by atoms with van der Waals surface area (Å²) in [7, 11) is 0. The summed E-state index contributed by atoms with van der Waals surface area (Å²) in [5.74, 6) is 1.87. The van der Waals surface area contributed by atoms with Crippen LogP contribution in [0.1, 0.15) is 50.2 Å². The molecule has 6 heteroatoms. The first kappa shape index (κ1) is 17.7. The van der Waals surface area contributed by atoms with Gasteiger partial charge in [0.1, 0.15) is 5.01 Å². The first-order chi connectivity index (χ1) is 9.06. The van der Waals surface area contributed by atoms with Crippen molar-refractivity contribution in [3.8, 4) is 0 Å². The highest BCUT2D eigenvalue weighted by Gasteiger charge is 2.17. The summed E-state index contributed by atoms with van der Waals surface area (Å²) in [6, 6.07) is 0. The number of hydrogen-bond donors (Lipinski definition) is 1. The third-order valence-electron chi connectivity index (χ3n) is 3.52. The highest BCUT2D eigenvalue weighted by Crippen LogP contribution is 2.19. The average molecular weight is 408 g/mol. The lowest BCUT2D eigenvalue weighted by Gasteiger charge is -2.31. The lowest BCUT2D eigenvalue weighted by atomic mass is 10.0. The molecule has 1 aromatic heterocycles. The summed E-state index contributed by atoms with van der Waals surface area (Å²) in [6.07, 6.45) is 2.51. The van der Waals surface area contributed by atoms with Gasteiger partial charge >= 0.3 is 0 Å². The molecule has 1 atom stereocenters. The van der Waals surface area contributed by atoms with Crippen LogP contribution in [0.5, 0.6) is 0 Å². The first-order valence-corrected chi connectivity index (χ1v) is 7.93.